The van der Waals surface area contributed by atoms with Crippen molar-refractivity contribution in [2.75, 3.05) is 19.7 Å². The number of nitrogens with two attached hydrogens (primary N) is 1. The van der Waals surface area contributed by atoms with Crippen molar-refractivity contribution in [3.05, 3.63) is 0 Å². The molecular formula is C45H93N3O6S. The van der Waals surface area contributed by atoms with E-state index in [9.17, 15) is 18.0 Å². The lowest BCUT2D eigenvalue weighted by atomic mass is 9.93. The van der Waals surface area contributed by atoms with E-state index in [1.54, 1.807) is 0 Å². The van der Waals surface area contributed by atoms with E-state index in [-0.39, 0.29) is 24.0 Å². The van der Waals surface area contributed by atoms with Crippen LogP contribution in [0.3, 0.4) is 0 Å². The van der Waals surface area contributed by atoms with Gasteiger partial charge in [0.05, 0.1) is 6.61 Å². The molecule has 9 nitrogen and oxygen atoms in total. The average Bonchev–Trinajstić information content (AvgIpc) is 3.13. The fraction of sp³-hybridized carbons (Fsp3) is 0.956. The van der Waals surface area contributed by atoms with E-state index in [2.05, 4.69) is 35.6 Å². The molecule has 0 aromatic rings. The Labute approximate surface area is 342 Å². The Balaban J connectivity index is 0. The predicted octanol–water partition coefficient (Wildman–Crippen LogP) is 12.5. The molecule has 0 spiro atoms. The van der Waals surface area contributed by atoms with Crippen LogP contribution in [0.4, 0.5) is 0 Å². The maximum Gasteiger partial charge on any atom is 0.397 e. The van der Waals surface area contributed by atoms with Crippen molar-refractivity contribution in [1.29, 1.82) is 0 Å². The molecule has 0 rings (SSSR count). The van der Waals surface area contributed by atoms with Gasteiger partial charge in [0.25, 0.3) is 0 Å². The third-order valence-electron chi connectivity index (χ3n) is 10.5. The number of hydrogen-bond acceptors (Lipinski definition) is 6. The highest BCUT2D eigenvalue weighted by Crippen LogP contribution is 2.16. The van der Waals surface area contributed by atoms with Gasteiger partial charge in [-0.15, -0.1) is 0 Å². The summed E-state index contributed by atoms with van der Waals surface area (Å²) in [5, 5.41) is 6.15. The Hall–Kier alpha value is -1.23. The first-order valence-electron chi connectivity index (χ1n) is 23.4. The van der Waals surface area contributed by atoms with Gasteiger partial charge < -0.3 is 16.4 Å². The molecule has 0 radical (unpaired) electrons. The van der Waals surface area contributed by atoms with E-state index in [4.69, 9.17) is 10.3 Å². The minimum absolute atomic E-state index is 0.0289. The highest BCUT2D eigenvalue weighted by molar-refractivity contribution is 7.80. The van der Waals surface area contributed by atoms with Crippen molar-refractivity contribution >= 4 is 22.2 Å². The predicted molar refractivity (Wildman–Crippen MR) is 235 cm³/mol. The van der Waals surface area contributed by atoms with E-state index in [1.165, 1.54) is 174 Å². The number of carbonyl (C=O) groups excluding carboxylic acids is 2. The van der Waals surface area contributed by atoms with Gasteiger partial charge in [0.1, 0.15) is 0 Å². The average molecular weight is 804 g/mol. The maximum atomic E-state index is 12.2. The molecular weight excluding hydrogens is 711 g/mol. The molecule has 0 aromatic carbocycles. The molecule has 0 heterocycles. The van der Waals surface area contributed by atoms with Gasteiger partial charge in [-0.3, -0.25) is 14.1 Å². The van der Waals surface area contributed by atoms with Crippen molar-refractivity contribution in [2.24, 2.45) is 5.73 Å². The summed E-state index contributed by atoms with van der Waals surface area (Å²) < 4.78 is 30.7. The summed E-state index contributed by atoms with van der Waals surface area (Å²) in [7, 11) is -4.17. The molecule has 0 saturated carbocycles. The molecule has 1 atom stereocenters. The molecule has 0 bridgehead atoms. The molecule has 10 heteroatoms. The zero-order valence-corrected chi connectivity index (χ0v) is 37.7. The summed E-state index contributed by atoms with van der Waals surface area (Å²) in [5.74, 6) is 0.334. The van der Waals surface area contributed by atoms with Crippen LogP contribution in [-0.4, -0.2) is 50.0 Å². The third kappa shape index (κ3) is 50.8. The Morgan fingerprint density at radius 3 is 1.05 bits per heavy atom. The quantitative estimate of drug-likeness (QED) is 0.0355. The fourth-order valence-electron chi connectivity index (χ4n) is 6.97. The summed E-state index contributed by atoms with van der Waals surface area (Å²) in [4.78, 5) is 24.5. The number of amides is 2. The number of nitrogens with one attached hydrogen (secondary N) is 2. The number of unbranched alkanes of at least 4 members (excludes halogenated alkanes) is 28. The number of rotatable bonds is 41. The molecule has 0 aliphatic rings. The van der Waals surface area contributed by atoms with E-state index in [1.807, 2.05) is 0 Å². The summed E-state index contributed by atoms with van der Waals surface area (Å²) >= 11 is 0. The van der Waals surface area contributed by atoms with Crippen molar-refractivity contribution in [1.82, 2.24) is 10.6 Å². The summed E-state index contributed by atoms with van der Waals surface area (Å²) in [6.07, 6.45) is 44.0. The van der Waals surface area contributed by atoms with Crippen LogP contribution in [0.5, 0.6) is 0 Å². The van der Waals surface area contributed by atoms with Crippen LogP contribution >= 0.6 is 0 Å². The van der Waals surface area contributed by atoms with Gasteiger partial charge in [0, 0.05) is 31.5 Å². The maximum absolute atomic E-state index is 12.2. The van der Waals surface area contributed by atoms with Crippen LogP contribution in [0, 0.1) is 0 Å². The normalized spacial score (nSPS) is 12.5. The van der Waals surface area contributed by atoms with E-state index >= 15 is 0 Å². The third-order valence-corrected chi connectivity index (χ3v) is 11.1. The van der Waals surface area contributed by atoms with Crippen LogP contribution in [0.2, 0.25) is 0 Å². The Morgan fingerprint density at radius 2 is 0.782 bits per heavy atom. The van der Waals surface area contributed by atoms with Crippen LogP contribution in [0.1, 0.15) is 252 Å². The molecule has 55 heavy (non-hydrogen) atoms. The number of carbonyl (C=O) groups is 2. The van der Waals surface area contributed by atoms with E-state index in [0.717, 1.165) is 44.9 Å². The smallest absolute Gasteiger partial charge is 0.356 e. The Kier molecular flexibility index (Phi) is 43.0. The zero-order chi connectivity index (χ0) is 41.1. The summed E-state index contributed by atoms with van der Waals surface area (Å²) in [6.45, 7) is 9.39. The lowest BCUT2D eigenvalue weighted by Crippen LogP contribution is -2.41. The molecule has 1 unspecified atom stereocenters. The van der Waals surface area contributed by atoms with Crippen molar-refractivity contribution in [2.45, 2.75) is 258 Å². The van der Waals surface area contributed by atoms with Crippen LogP contribution in [0.25, 0.3) is 0 Å². The van der Waals surface area contributed by atoms with Gasteiger partial charge in [-0.25, -0.2) is 4.18 Å². The van der Waals surface area contributed by atoms with Crippen molar-refractivity contribution in [3.63, 3.8) is 0 Å². The topological polar surface area (TPSA) is 148 Å². The van der Waals surface area contributed by atoms with Gasteiger partial charge in [-0.1, -0.05) is 194 Å². The molecule has 0 aliphatic heterocycles. The number of hydrogen-bond donors (Lipinski definition) is 4. The second-order valence-corrected chi connectivity index (χ2v) is 17.5. The van der Waals surface area contributed by atoms with E-state index < -0.39 is 10.4 Å². The highest BCUT2D eigenvalue weighted by Gasteiger charge is 2.18. The minimum atomic E-state index is -4.17. The first-order valence-corrected chi connectivity index (χ1v) is 24.8. The monoisotopic (exact) mass is 804 g/mol. The Bertz CT molecular complexity index is 932. The highest BCUT2D eigenvalue weighted by atomic mass is 32.3. The second-order valence-electron chi connectivity index (χ2n) is 16.4. The fourth-order valence-corrected chi connectivity index (χ4v) is 7.27. The molecule has 5 N–H and O–H groups in total. The first-order chi connectivity index (χ1) is 26.5. The molecule has 2 amide bonds. The first kappa shape index (κ1) is 55.9. The standard InChI is InChI=1S/C43H87N3O2.C2H6O4S/c1-4-6-8-10-12-14-16-18-20-22-24-26-28-30-32-35-41(47)45-39-34-37-43(3,44)38-40-46-42(48)36-33-31-29-27-25-23-21-19-17-15-13-11-9-7-5-2;1-2-6-7(3,4)5/h4-40,44H2,1-3H3,(H,45,47)(H,46,48);2H2,1H3,(H,3,4,5). The largest absolute Gasteiger partial charge is 0.397 e. The van der Waals surface area contributed by atoms with Crippen LogP contribution in [-0.2, 0) is 24.2 Å². The van der Waals surface area contributed by atoms with Crippen molar-refractivity contribution < 1.29 is 26.7 Å². The zero-order valence-electron chi connectivity index (χ0n) is 36.8. The van der Waals surface area contributed by atoms with Crippen LogP contribution in [0.15, 0.2) is 0 Å². The van der Waals surface area contributed by atoms with Crippen LogP contribution < -0.4 is 16.4 Å². The van der Waals surface area contributed by atoms with Gasteiger partial charge in [0.2, 0.25) is 11.8 Å². The second kappa shape index (κ2) is 42.4. The molecule has 0 saturated heterocycles. The van der Waals surface area contributed by atoms with Gasteiger partial charge >= 0.3 is 10.4 Å². The SMILES string of the molecule is CCCCCCCCCCCCCCCCCC(=O)NCCCC(C)(N)CCNC(=O)CCCCCCCCCCCCCCCCC.CCOS(=O)(=O)O. The Morgan fingerprint density at radius 1 is 0.491 bits per heavy atom. The molecule has 330 valence electrons. The molecule has 0 aliphatic carbocycles. The molecule has 0 aromatic heterocycles. The minimum Gasteiger partial charge on any atom is -0.356 e. The van der Waals surface area contributed by atoms with Gasteiger partial charge in [-0.05, 0) is 46.0 Å². The van der Waals surface area contributed by atoms with Gasteiger partial charge in [-0.2, -0.15) is 8.42 Å². The summed E-state index contributed by atoms with van der Waals surface area (Å²) in [6, 6.07) is 0. The van der Waals surface area contributed by atoms with Crippen molar-refractivity contribution in [3.8, 4) is 0 Å². The molecule has 0 fully saturated rings. The van der Waals surface area contributed by atoms with Gasteiger partial charge in [0.15, 0.2) is 0 Å². The van der Waals surface area contributed by atoms with E-state index in [0.29, 0.717) is 25.9 Å². The summed E-state index contributed by atoms with van der Waals surface area (Å²) in [5.41, 5.74) is 6.17. The lowest BCUT2D eigenvalue weighted by molar-refractivity contribution is -0.122. The lowest BCUT2D eigenvalue weighted by Gasteiger charge is -2.25.